The molecule has 16 heavy (non-hydrogen) atoms. The van der Waals surface area contributed by atoms with E-state index < -0.39 is 18.1 Å². The van der Waals surface area contributed by atoms with Gasteiger partial charge in [-0.1, -0.05) is 30.3 Å². The number of benzene rings is 1. The van der Waals surface area contributed by atoms with Gasteiger partial charge in [0.15, 0.2) is 0 Å². The van der Waals surface area contributed by atoms with E-state index in [0.29, 0.717) is 0 Å². The standard InChI is InChI=1S/C10H12N2O4/c11-8(9(13)16-10(14)12-15)6-7-4-2-1-3-5-7/h1-5,8,15H,6,11H2,(H,12,14)/t8-/m0/s1. The minimum absolute atomic E-state index is 0.262. The van der Waals surface area contributed by atoms with Gasteiger partial charge < -0.3 is 10.5 Å². The summed E-state index contributed by atoms with van der Waals surface area (Å²) in [5, 5.41) is 8.14. The van der Waals surface area contributed by atoms with E-state index in [1.807, 2.05) is 18.2 Å². The second-order valence-electron chi connectivity index (χ2n) is 3.12. The van der Waals surface area contributed by atoms with E-state index in [-0.39, 0.29) is 6.42 Å². The first-order valence-corrected chi connectivity index (χ1v) is 4.58. The lowest BCUT2D eigenvalue weighted by molar-refractivity contribution is -0.139. The van der Waals surface area contributed by atoms with Crippen LogP contribution >= 0.6 is 0 Å². The maximum atomic E-state index is 11.2. The van der Waals surface area contributed by atoms with Crippen LogP contribution in [0.4, 0.5) is 4.79 Å². The van der Waals surface area contributed by atoms with Crippen LogP contribution in [-0.4, -0.2) is 23.3 Å². The highest BCUT2D eigenvalue weighted by molar-refractivity contribution is 5.87. The van der Waals surface area contributed by atoms with E-state index in [0.717, 1.165) is 5.56 Å². The molecule has 0 spiro atoms. The van der Waals surface area contributed by atoms with Crippen LogP contribution in [0, 0.1) is 0 Å². The Kier molecular flexibility index (Phi) is 4.43. The van der Waals surface area contributed by atoms with Gasteiger partial charge >= 0.3 is 12.1 Å². The third kappa shape index (κ3) is 3.68. The number of rotatable bonds is 3. The third-order valence-electron chi connectivity index (χ3n) is 1.89. The van der Waals surface area contributed by atoms with Crippen molar-refractivity contribution in [2.24, 2.45) is 5.73 Å². The van der Waals surface area contributed by atoms with Gasteiger partial charge in [-0.05, 0) is 12.0 Å². The fraction of sp³-hybridized carbons (Fsp3) is 0.200. The molecule has 86 valence electrons. The van der Waals surface area contributed by atoms with Crippen LogP contribution in [-0.2, 0) is 16.0 Å². The Labute approximate surface area is 92.0 Å². The summed E-state index contributed by atoms with van der Waals surface area (Å²) in [6, 6.07) is 8.13. The molecule has 0 saturated heterocycles. The van der Waals surface area contributed by atoms with E-state index >= 15 is 0 Å². The smallest absolute Gasteiger partial charge is 0.374 e. The van der Waals surface area contributed by atoms with Gasteiger partial charge in [-0.15, -0.1) is 0 Å². The van der Waals surface area contributed by atoms with Crippen molar-refractivity contribution in [3.63, 3.8) is 0 Å². The van der Waals surface area contributed by atoms with Gasteiger partial charge in [-0.25, -0.2) is 15.1 Å². The van der Waals surface area contributed by atoms with Crippen molar-refractivity contribution in [1.29, 1.82) is 0 Å². The van der Waals surface area contributed by atoms with Crippen molar-refractivity contribution in [2.45, 2.75) is 12.5 Å². The van der Waals surface area contributed by atoms with E-state index in [2.05, 4.69) is 4.74 Å². The minimum Gasteiger partial charge on any atom is -0.374 e. The molecule has 1 amide bonds. The second-order valence-corrected chi connectivity index (χ2v) is 3.12. The molecule has 4 N–H and O–H groups in total. The Morgan fingerprint density at radius 3 is 2.56 bits per heavy atom. The SMILES string of the molecule is N[C@@H](Cc1ccccc1)C(=O)OC(=O)NO. The average molecular weight is 224 g/mol. The van der Waals surface area contributed by atoms with Gasteiger partial charge in [-0.2, -0.15) is 0 Å². The van der Waals surface area contributed by atoms with Gasteiger partial charge in [0, 0.05) is 0 Å². The summed E-state index contributed by atoms with van der Waals surface area (Å²) >= 11 is 0. The number of amides is 1. The van der Waals surface area contributed by atoms with Crippen LogP contribution in [0.2, 0.25) is 0 Å². The Morgan fingerprint density at radius 2 is 2.00 bits per heavy atom. The number of hydrogen-bond acceptors (Lipinski definition) is 5. The maximum absolute atomic E-state index is 11.2. The Bertz CT molecular complexity index is 366. The monoisotopic (exact) mass is 224 g/mol. The minimum atomic E-state index is -1.24. The van der Waals surface area contributed by atoms with Gasteiger partial charge in [-0.3, -0.25) is 5.21 Å². The van der Waals surface area contributed by atoms with Crippen LogP contribution in [0.1, 0.15) is 5.56 Å². The van der Waals surface area contributed by atoms with Crippen molar-refractivity contribution in [1.82, 2.24) is 5.48 Å². The summed E-state index contributed by atoms with van der Waals surface area (Å²) in [7, 11) is 0. The molecule has 0 radical (unpaired) electrons. The molecule has 1 aromatic rings. The number of hydroxylamine groups is 1. The van der Waals surface area contributed by atoms with E-state index in [4.69, 9.17) is 10.9 Å². The zero-order valence-corrected chi connectivity index (χ0v) is 8.42. The molecular weight excluding hydrogens is 212 g/mol. The average Bonchev–Trinajstić information content (AvgIpc) is 2.30. The molecule has 0 saturated carbocycles. The quantitative estimate of drug-likeness (QED) is 0.294. The van der Waals surface area contributed by atoms with Crippen molar-refractivity contribution in [3.8, 4) is 0 Å². The van der Waals surface area contributed by atoms with Gasteiger partial charge in [0.05, 0.1) is 0 Å². The number of carbonyl (C=O) groups excluding carboxylic acids is 2. The molecule has 6 heteroatoms. The highest BCUT2D eigenvalue weighted by Gasteiger charge is 2.18. The predicted octanol–water partition coefficient (Wildman–Crippen LogP) is 0.198. The molecular formula is C10H12N2O4. The molecule has 0 fully saturated rings. The van der Waals surface area contributed by atoms with Gasteiger partial charge in [0.1, 0.15) is 6.04 Å². The van der Waals surface area contributed by atoms with Crippen molar-refractivity contribution in [2.75, 3.05) is 0 Å². The first-order chi connectivity index (χ1) is 7.63. The van der Waals surface area contributed by atoms with Crippen molar-refractivity contribution >= 4 is 12.1 Å². The number of esters is 1. The topological polar surface area (TPSA) is 102 Å². The molecule has 1 aromatic carbocycles. The summed E-state index contributed by atoms with van der Waals surface area (Å²) in [5.74, 6) is -0.893. The zero-order chi connectivity index (χ0) is 12.0. The molecule has 0 unspecified atom stereocenters. The van der Waals surface area contributed by atoms with Crippen LogP contribution in [0.25, 0.3) is 0 Å². The Balaban J connectivity index is 2.49. The highest BCUT2D eigenvalue weighted by atomic mass is 16.6. The zero-order valence-electron chi connectivity index (χ0n) is 8.42. The maximum Gasteiger partial charge on any atom is 0.438 e. The third-order valence-corrected chi connectivity index (χ3v) is 1.89. The Hall–Kier alpha value is -1.92. The normalized spacial score (nSPS) is 11.6. The molecule has 0 aliphatic rings. The molecule has 1 atom stereocenters. The largest absolute Gasteiger partial charge is 0.438 e. The fourth-order valence-corrected chi connectivity index (χ4v) is 1.14. The van der Waals surface area contributed by atoms with E-state index in [1.165, 1.54) is 5.48 Å². The second kappa shape index (κ2) is 5.84. The van der Waals surface area contributed by atoms with Crippen LogP contribution in [0.3, 0.4) is 0 Å². The van der Waals surface area contributed by atoms with Crippen molar-refractivity contribution in [3.05, 3.63) is 35.9 Å². The van der Waals surface area contributed by atoms with Crippen LogP contribution < -0.4 is 11.2 Å². The summed E-state index contributed by atoms with van der Waals surface area (Å²) in [6.07, 6.45) is -0.980. The molecule has 0 aliphatic heterocycles. The first kappa shape index (κ1) is 12.2. The van der Waals surface area contributed by atoms with Crippen LogP contribution in [0.5, 0.6) is 0 Å². The lowest BCUT2D eigenvalue weighted by Gasteiger charge is -2.09. The lowest BCUT2D eigenvalue weighted by atomic mass is 10.1. The summed E-state index contributed by atoms with van der Waals surface area (Å²) in [6.45, 7) is 0. The van der Waals surface area contributed by atoms with Crippen molar-refractivity contribution < 1.29 is 19.5 Å². The molecule has 0 aliphatic carbocycles. The molecule has 6 nitrogen and oxygen atoms in total. The number of carbonyl (C=O) groups is 2. The van der Waals surface area contributed by atoms with Gasteiger partial charge in [0.25, 0.3) is 0 Å². The van der Waals surface area contributed by atoms with Crippen LogP contribution in [0.15, 0.2) is 30.3 Å². The molecule has 0 aromatic heterocycles. The summed E-state index contributed by atoms with van der Waals surface area (Å²) < 4.78 is 4.17. The van der Waals surface area contributed by atoms with E-state index in [9.17, 15) is 9.59 Å². The Morgan fingerprint density at radius 1 is 1.38 bits per heavy atom. The number of ether oxygens (including phenoxy) is 1. The summed E-state index contributed by atoms with van der Waals surface area (Å²) in [5.41, 5.74) is 7.55. The molecule has 0 bridgehead atoms. The highest BCUT2D eigenvalue weighted by Crippen LogP contribution is 2.02. The lowest BCUT2D eigenvalue weighted by Crippen LogP contribution is -2.37. The molecule has 0 heterocycles. The number of nitrogens with one attached hydrogen (secondary N) is 1. The summed E-state index contributed by atoms with van der Waals surface area (Å²) in [4.78, 5) is 21.7. The fourth-order valence-electron chi connectivity index (χ4n) is 1.14. The van der Waals surface area contributed by atoms with Gasteiger partial charge in [0.2, 0.25) is 0 Å². The predicted molar refractivity (Wildman–Crippen MR) is 54.5 cm³/mol. The number of hydrogen-bond donors (Lipinski definition) is 3. The number of nitrogens with two attached hydrogens (primary N) is 1. The molecule has 1 rings (SSSR count). The first-order valence-electron chi connectivity index (χ1n) is 4.58. The van der Waals surface area contributed by atoms with E-state index in [1.54, 1.807) is 12.1 Å².